The quantitative estimate of drug-likeness (QED) is 0.504. The molecule has 0 saturated carbocycles. The van der Waals surface area contributed by atoms with Crippen LogP contribution in [-0.2, 0) is 6.54 Å². The molecule has 0 radical (unpaired) electrons. The molecule has 1 heterocycles. The number of amides is 1. The molecule has 158 valence electrons. The molecule has 0 aliphatic heterocycles. The molecule has 11 heteroatoms. The van der Waals surface area contributed by atoms with Gasteiger partial charge < -0.3 is 15.0 Å². The minimum absolute atomic E-state index is 0.145. The fourth-order valence-corrected chi connectivity index (χ4v) is 4.01. The number of thioether (sulfide) groups is 1. The summed E-state index contributed by atoms with van der Waals surface area (Å²) in [7, 11) is 4.86. The SMILES string of the molecule is COc1cc(NCc2cc(Cl)cc(Cl)c2SC(=O)N(C)C)ccc1-c1noc(=O)[nH]1. The maximum Gasteiger partial charge on any atom is 0.439 e. The van der Waals surface area contributed by atoms with Crippen LogP contribution in [0.1, 0.15) is 5.56 Å². The van der Waals surface area contributed by atoms with Crippen LogP contribution in [0, 0.1) is 0 Å². The van der Waals surface area contributed by atoms with E-state index in [-0.39, 0.29) is 11.1 Å². The summed E-state index contributed by atoms with van der Waals surface area (Å²) in [5, 5.41) is 7.68. The van der Waals surface area contributed by atoms with Crippen molar-refractivity contribution in [2.45, 2.75) is 11.4 Å². The molecule has 0 spiro atoms. The van der Waals surface area contributed by atoms with Crippen molar-refractivity contribution in [1.82, 2.24) is 15.0 Å². The molecule has 1 aromatic heterocycles. The topological polar surface area (TPSA) is 100 Å². The maximum absolute atomic E-state index is 12.2. The zero-order valence-electron chi connectivity index (χ0n) is 16.3. The van der Waals surface area contributed by atoms with Gasteiger partial charge in [0.2, 0.25) is 0 Å². The largest absolute Gasteiger partial charge is 0.496 e. The summed E-state index contributed by atoms with van der Waals surface area (Å²) < 4.78 is 9.95. The number of methoxy groups -OCH3 is 1. The lowest BCUT2D eigenvalue weighted by atomic mass is 10.1. The Balaban J connectivity index is 1.84. The highest BCUT2D eigenvalue weighted by Crippen LogP contribution is 2.36. The van der Waals surface area contributed by atoms with Crippen molar-refractivity contribution in [3.8, 4) is 17.1 Å². The third kappa shape index (κ3) is 5.10. The van der Waals surface area contributed by atoms with Crippen LogP contribution in [0.5, 0.6) is 5.75 Å². The molecule has 3 rings (SSSR count). The van der Waals surface area contributed by atoms with E-state index >= 15 is 0 Å². The van der Waals surface area contributed by atoms with E-state index in [1.54, 1.807) is 44.4 Å². The Kier molecular flexibility index (Phi) is 6.96. The number of rotatable bonds is 6. The molecule has 0 unspecified atom stereocenters. The van der Waals surface area contributed by atoms with Gasteiger partial charge in [0.1, 0.15) is 5.75 Å². The lowest BCUT2D eigenvalue weighted by Gasteiger charge is -2.16. The molecule has 0 aliphatic rings. The highest BCUT2D eigenvalue weighted by molar-refractivity contribution is 8.13. The molecule has 30 heavy (non-hydrogen) atoms. The van der Waals surface area contributed by atoms with E-state index in [1.165, 1.54) is 12.0 Å². The number of hydrogen-bond donors (Lipinski definition) is 2. The Labute approximate surface area is 186 Å². The second-order valence-electron chi connectivity index (χ2n) is 6.35. The minimum Gasteiger partial charge on any atom is -0.496 e. The van der Waals surface area contributed by atoms with Gasteiger partial charge in [-0.05, 0) is 41.6 Å². The molecular formula is C19H18Cl2N4O4S. The number of benzene rings is 2. The number of nitrogens with one attached hydrogen (secondary N) is 2. The summed E-state index contributed by atoms with van der Waals surface area (Å²) in [6.07, 6.45) is 0. The summed E-state index contributed by atoms with van der Waals surface area (Å²) >= 11 is 13.5. The van der Waals surface area contributed by atoms with Crippen LogP contribution in [0.15, 0.2) is 44.5 Å². The zero-order valence-corrected chi connectivity index (χ0v) is 18.6. The normalized spacial score (nSPS) is 10.7. The second kappa shape index (κ2) is 9.46. The van der Waals surface area contributed by atoms with E-state index in [4.69, 9.17) is 27.9 Å². The number of hydrogen-bond acceptors (Lipinski definition) is 7. The van der Waals surface area contributed by atoms with Crippen LogP contribution in [0.25, 0.3) is 11.4 Å². The number of carbonyl (C=O) groups excluding carboxylic acids is 1. The van der Waals surface area contributed by atoms with Crippen molar-refractivity contribution < 1.29 is 14.1 Å². The van der Waals surface area contributed by atoms with Gasteiger partial charge in [0.05, 0.1) is 17.7 Å². The summed E-state index contributed by atoms with van der Waals surface area (Å²) in [6.45, 7) is 0.368. The average Bonchev–Trinajstić information content (AvgIpc) is 3.14. The highest BCUT2D eigenvalue weighted by Gasteiger charge is 2.16. The molecule has 0 atom stereocenters. The smallest absolute Gasteiger partial charge is 0.439 e. The predicted molar refractivity (Wildman–Crippen MR) is 118 cm³/mol. The molecule has 0 saturated heterocycles. The van der Waals surface area contributed by atoms with Crippen molar-refractivity contribution in [1.29, 1.82) is 0 Å². The Morgan fingerprint density at radius 3 is 2.70 bits per heavy atom. The first-order valence-corrected chi connectivity index (χ1v) is 10.2. The third-order valence-corrected chi connectivity index (χ3v) is 5.87. The summed E-state index contributed by atoms with van der Waals surface area (Å²) in [5.41, 5.74) is 2.09. The van der Waals surface area contributed by atoms with Crippen LogP contribution in [0.4, 0.5) is 10.5 Å². The first-order valence-electron chi connectivity index (χ1n) is 8.64. The number of aromatic nitrogens is 2. The Hall–Kier alpha value is -2.62. The van der Waals surface area contributed by atoms with Crippen molar-refractivity contribution >= 4 is 45.9 Å². The molecule has 8 nitrogen and oxygen atoms in total. The minimum atomic E-state index is -0.649. The molecular weight excluding hydrogens is 451 g/mol. The van der Waals surface area contributed by atoms with Crippen molar-refractivity contribution in [3.05, 3.63) is 56.5 Å². The van der Waals surface area contributed by atoms with E-state index < -0.39 is 5.76 Å². The van der Waals surface area contributed by atoms with Gasteiger partial charge in [-0.1, -0.05) is 28.4 Å². The number of anilines is 1. The highest BCUT2D eigenvalue weighted by atomic mass is 35.5. The van der Waals surface area contributed by atoms with Crippen LogP contribution < -0.4 is 15.8 Å². The molecule has 2 N–H and O–H groups in total. The molecule has 3 aromatic rings. The molecule has 0 aliphatic carbocycles. The van der Waals surface area contributed by atoms with Crippen LogP contribution in [-0.4, -0.2) is 41.5 Å². The zero-order chi connectivity index (χ0) is 21.8. The van der Waals surface area contributed by atoms with Crippen molar-refractivity contribution in [2.24, 2.45) is 0 Å². The summed E-state index contributed by atoms with van der Waals surface area (Å²) in [5.74, 6) is 0.112. The van der Waals surface area contributed by atoms with Gasteiger partial charge in [-0.25, -0.2) is 4.79 Å². The number of nitrogens with zero attached hydrogens (tertiary/aromatic N) is 2. The van der Waals surface area contributed by atoms with E-state index in [9.17, 15) is 9.59 Å². The Morgan fingerprint density at radius 1 is 1.30 bits per heavy atom. The molecule has 1 amide bonds. The number of H-pyrrole nitrogens is 1. The Bertz CT molecular complexity index is 1130. The Morgan fingerprint density at radius 2 is 2.07 bits per heavy atom. The van der Waals surface area contributed by atoms with Crippen LogP contribution in [0.3, 0.4) is 0 Å². The lowest BCUT2D eigenvalue weighted by molar-refractivity contribution is 0.241. The number of halogens is 2. The third-order valence-electron chi connectivity index (χ3n) is 4.02. The maximum atomic E-state index is 12.2. The second-order valence-corrected chi connectivity index (χ2v) is 8.16. The van der Waals surface area contributed by atoms with Gasteiger partial charge in [0.15, 0.2) is 5.82 Å². The summed E-state index contributed by atoms with van der Waals surface area (Å²) in [6, 6.07) is 8.66. The fraction of sp³-hybridized carbons (Fsp3) is 0.211. The van der Waals surface area contributed by atoms with E-state index in [2.05, 4.69) is 20.0 Å². The average molecular weight is 469 g/mol. The summed E-state index contributed by atoms with van der Waals surface area (Å²) in [4.78, 5) is 28.0. The van der Waals surface area contributed by atoms with Crippen LogP contribution in [0.2, 0.25) is 10.0 Å². The number of aromatic amines is 1. The monoisotopic (exact) mass is 468 g/mol. The molecule has 0 bridgehead atoms. The lowest BCUT2D eigenvalue weighted by Crippen LogP contribution is -2.16. The molecule has 2 aromatic carbocycles. The van der Waals surface area contributed by atoms with Crippen molar-refractivity contribution in [3.63, 3.8) is 0 Å². The van der Waals surface area contributed by atoms with Gasteiger partial charge in [0, 0.05) is 42.3 Å². The predicted octanol–water partition coefficient (Wildman–Crippen LogP) is 4.73. The van der Waals surface area contributed by atoms with Gasteiger partial charge >= 0.3 is 5.76 Å². The first-order chi connectivity index (χ1) is 14.3. The fourth-order valence-electron chi connectivity index (χ4n) is 2.58. The first kappa shape index (κ1) is 22.1. The van der Waals surface area contributed by atoms with E-state index in [0.717, 1.165) is 23.0 Å². The molecule has 0 fully saturated rings. The van der Waals surface area contributed by atoms with Gasteiger partial charge in [-0.3, -0.25) is 14.3 Å². The van der Waals surface area contributed by atoms with E-state index in [1.807, 2.05) is 0 Å². The van der Waals surface area contributed by atoms with Crippen LogP contribution >= 0.6 is 35.0 Å². The number of carbonyl (C=O) groups is 1. The number of ether oxygens (including phenoxy) is 1. The van der Waals surface area contributed by atoms with Gasteiger partial charge in [-0.2, -0.15) is 0 Å². The standard InChI is InChI=1S/C19H18Cl2N4O4S/c1-25(2)19(27)30-16-10(6-11(20)7-14(16)21)9-22-12-4-5-13(15(8-12)28-3)17-23-18(26)29-24-17/h4-8,22H,9H2,1-3H3,(H,23,24,26). The van der Waals surface area contributed by atoms with Crippen molar-refractivity contribution in [2.75, 3.05) is 26.5 Å². The van der Waals surface area contributed by atoms with E-state index in [0.29, 0.717) is 32.8 Å². The van der Waals surface area contributed by atoms with Gasteiger partial charge in [0.25, 0.3) is 5.24 Å². The van der Waals surface area contributed by atoms with Gasteiger partial charge in [-0.15, -0.1) is 0 Å².